The van der Waals surface area contributed by atoms with Crippen molar-refractivity contribution in [1.29, 1.82) is 0 Å². The van der Waals surface area contributed by atoms with Crippen molar-refractivity contribution in [3.05, 3.63) is 75.3 Å². The molecule has 1 aliphatic heterocycles. The van der Waals surface area contributed by atoms with Gasteiger partial charge in [0.2, 0.25) is 0 Å². The standard InChI is InChI=1S/C21H20N4O3/c1-13-5-4-6-15(9-13)12-25-19(26)16(22-20(25)27)10-14-7-8-17-18(11-14)24(3)21(28)23(17)2/h4-11H,12H2,1-3H3,(H,22,27)/b16-10+. The predicted octanol–water partition coefficient (Wildman–Crippen LogP) is 2.28. The second-order valence-electron chi connectivity index (χ2n) is 7.02. The van der Waals surface area contributed by atoms with Gasteiger partial charge in [0.25, 0.3) is 5.91 Å². The van der Waals surface area contributed by atoms with Crippen LogP contribution < -0.4 is 11.0 Å². The Labute approximate surface area is 161 Å². The number of rotatable bonds is 3. The quantitative estimate of drug-likeness (QED) is 0.563. The van der Waals surface area contributed by atoms with Crippen LogP contribution in [0.5, 0.6) is 0 Å². The predicted molar refractivity (Wildman–Crippen MR) is 106 cm³/mol. The molecule has 0 spiro atoms. The highest BCUT2D eigenvalue weighted by molar-refractivity contribution is 6.14. The summed E-state index contributed by atoms with van der Waals surface area (Å²) in [6, 6.07) is 12.7. The van der Waals surface area contributed by atoms with Crippen molar-refractivity contribution in [3.8, 4) is 0 Å². The molecule has 1 fully saturated rings. The number of imidazole rings is 1. The Kier molecular flexibility index (Phi) is 4.15. The number of nitrogens with zero attached hydrogens (tertiary/aromatic N) is 3. The molecular formula is C21H20N4O3. The van der Waals surface area contributed by atoms with Gasteiger partial charge in [0.15, 0.2) is 0 Å². The summed E-state index contributed by atoms with van der Waals surface area (Å²) in [5.41, 5.74) is 4.36. The van der Waals surface area contributed by atoms with Crippen molar-refractivity contribution in [1.82, 2.24) is 19.4 Å². The van der Waals surface area contributed by atoms with E-state index in [4.69, 9.17) is 0 Å². The zero-order valence-electron chi connectivity index (χ0n) is 15.9. The number of urea groups is 1. The minimum atomic E-state index is -0.439. The van der Waals surface area contributed by atoms with Gasteiger partial charge in [-0.1, -0.05) is 35.9 Å². The molecule has 0 aliphatic carbocycles. The summed E-state index contributed by atoms with van der Waals surface area (Å²) in [6.07, 6.45) is 1.63. The number of carbonyl (C=O) groups excluding carboxylic acids is 2. The van der Waals surface area contributed by atoms with E-state index in [2.05, 4.69) is 5.32 Å². The molecule has 142 valence electrons. The maximum Gasteiger partial charge on any atom is 0.329 e. The molecule has 0 bridgehead atoms. The van der Waals surface area contributed by atoms with E-state index in [9.17, 15) is 14.4 Å². The van der Waals surface area contributed by atoms with E-state index in [1.807, 2.05) is 49.4 Å². The van der Waals surface area contributed by atoms with Crippen molar-refractivity contribution in [3.63, 3.8) is 0 Å². The van der Waals surface area contributed by atoms with Crippen LogP contribution in [0, 0.1) is 6.92 Å². The molecule has 0 radical (unpaired) electrons. The van der Waals surface area contributed by atoms with E-state index in [-0.39, 0.29) is 23.8 Å². The van der Waals surface area contributed by atoms with Crippen LogP contribution in [0.25, 0.3) is 17.1 Å². The summed E-state index contributed by atoms with van der Waals surface area (Å²) in [5, 5.41) is 2.64. The number of fused-ring (bicyclic) bond motifs is 1. The number of imide groups is 1. The molecule has 28 heavy (non-hydrogen) atoms. The third-order valence-corrected chi connectivity index (χ3v) is 4.99. The van der Waals surface area contributed by atoms with Crippen LogP contribution in [0.1, 0.15) is 16.7 Å². The number of nitrogens with one attached hydrogen (secondary N) is 1. The van der Waals surface area contributed by atoms with Gasteiger partial charge in [-0.15, -0.1) is 0 Å². The van der Waals surface area contributed by atoms with Gasteiger partial charge < -0.3 is 5.32 Å². The lowest BCUT2D eigenvalue weighted by molar-refractivity contribution is -0.123. The van der Waals surface area contributed by atoms with Crippen LogP contribution in [-0.2, 0) is 25.4 Å². The molecule has 2 aromatic carbocycles. The Morgan fingerprint density at radius 1 is 0.964 bits per heavy atom. The van der Waals surface area contributed by atoms with Gasteiger partial charge in [0.05, 0.1) is 17.6 Å². The van der Waals surface area contributed by atoms with Gasteiger partial charge in [-0.05, 0) is 36.3 Å². The molecule has 0 saturated carbocycles. The lowest BCUT2D eigenvalue weighted by Gasteiger charge is -2.12. The van der Waals surface area contributed by atoms with Crippen LogP contribution in [0.15, 0.2) is 53.0 Å². The van der Waals surface area contributed by atoms with Gasteiger partial charge in [0.1, 0.15) is 5.70 Å². The average molecular weight is 376 g/mol. The largest absolute Gasteiger partial charge is 0.329 e. The fourth-order valence-electron chi connectivity index (χ4n) is 3.49. The Balaban J connectivity index is 1.64. The second-order valence-corrected chi connectivity index (χ2v) is 7.02. The van der Waals surface area contributed by atoms with Crippen molar-refractivity contribution in [2.75, 3.05) is 0 Å². The van der Waals surface area contributed by atoms with Gasteiger partial charge in [-0.25, -0.2) is 9.59 Å². The SMILES string of the molecule is Cc1cccc(CN2C(=O)N/C(=C/c3ccc4c(c3)n(C)c(=O)n4C)C2=O)c1. The summed E-state index contributed by atoms with van der Waals surface area (Å²) < 4.78 is 3.12. The van der Waals surface area contributed by atoms with Crippen molar-refractivity contribution < 1.29 is 9.59 Å². The van der Waals surface area contributed by atoms with Gasteiger partial charge in [-0.2, -0.15) is 0 Å². The van der Waals surface area contributed by atoms with Gasteiger partial charge in [0, 0.05) is 14.1 Å². The summed E-state index contributed by atoms with van der Waals surface area (Å²) in [6.45, 7) is 2.18. The molecule has 2 heterocycles. The molecule has 1 aromatic heterocycles. The van der Waals surface area contributed by atoms with E-state index in [0.717, 1.165) is 27.7 Å². The molecule has 1 aliphatic rings. The molecular weight excluding hydrogens is 356 g/mol. The second kappa shape index (κ2) is 6.53. The minimum Gasteiger partial charge on any atom is -0.303 e. The Morgan fingerprint density at radius 3 is 2.46 bits per heavy atom. The summed E-state index contributed by atoms with van der Waals surface area (Å²) in [7, 11) is 3.42. The van der Waals surface area contributed by atoms with E-state index in [1.165, 1.54) is 4.90 Å². The third-order valence-electron chi connectivity index (χ3n) is 4.99. The highest BCUT2D eigenvalue weighted by atomic mass is 16.2. The zero-order valence-corrected chi connectivity index (χ0v) is 15.9. The van der Waals surface area contributed by atoms with Crippen LogP contribution in [0.3, 0.4) is 0 Å². The maximum absolute atomic E-state index is 12.7. The average Bonchev–Trinajstić information content (AvgIpc) is 3.05. The molecule has 0 unspecified atom stereocenters. The van der Waals surface area contributed by atoms with Gasteiger partial charge >= 0.3 is 11.7 Å². The fraction of sp³-hybridized carbons (Fsp3) is 0.190. The van der Waals surface area contributed by atoms with E-state index in [1.54, 1.807) is 29.3 Å². The number of aromatic nitrogens is 2. The fourth-order valence-corrected chi connectivity index (χ4v) is 3.49. The van der Waals surface area contributed by atoms with E-state index < -0.39 is 6.03 Å². The maximum atomic E-state index is 12.7. The number of hydrogen-bond acceptors (Lipinski definition) is 3. The lowest BCUT2D eigenvalue weighted by Crippen LogP contribution is -2.30. The van der Waals surface area contributed by atoms with Crippen LogP contribution in [0.4, 0.5) is 4.79 Å². The zero-order chi connectivity index (χ0) is 20.0. The number of benzene rings is 2. The number of hydrogen-bond donors (Lipinski definition) is 1. The van der Waals surface area contributed by atoms with E-state index >= 15 is 0 Å². The highest BCUT2D eigenvalue weighted by Crippen LogP contribution is 2.20. The molecule has 3 amide bonds. The molecule has 0 atom stereocenters. The normalized spacial score (nSPS) is 15.7. The Bertz CT molecular complexity index is 1220. The molecule has 1 saturated heterocycles. The van der Waals surface area contributed by atoms with Gasteiger partial charge in [-0.3, -0.25) is 18.8 Å². The summed E-state index contributed by atoms with van der Waals surface area (Å²) in [5.74, 6) is -0.367. The highest BCUT2D eigenvalue weighted by Gasteiger charge is 2.33. The number of carbonyl (C=O) groups is 2. The van der Waals surface area contributed by atoms with Crippen LogP contribution >= 0.6 is 0 Å². The number of aryl methyl sites for hydroxylation is 3. The molecule has 7 heteroatoms. The first-order chi connectivity index (χ1) is 13.3. The molecule has 3 aromatic rings. The first-order valence-electron chi connectivity index (χ1n) is 8.90. The first-order valence-corrected chi connectivity index (χ1v) is 8.90. The Morgan fingerprint density at radius 2 is 1.71 bits per heavy atom. The topological polar surface area (TPSA) is 76.3 Å². The first kappa shape index (κ1) is 17.8. The lowest BCUT2D eigenvalue weighted by atomic mass is 10.1. The van der Waals surface area contributed by atoms with E-state index in [0.29, 0.717) is 0 Å². The minimum absolute atomic E-state index is 0.116. The number of amides is 3. The summed E-state index contributed by atoms with van der Waals surface area (Å²) in [4.78, 5) is 38.3. The van der Waals surface area contributed by atoms with Crippen LogP contribution in [0.2, 0.25) is 0 Å². The van der Waals surface area contributed by atoms with Crippen molar-refractivity contribution in [2.24, 2.45) is 14.1 Å². The monoisotopic (exact) mass is 376 g/mol. The molecule has 4 rings (SSSR count). The third kappa shape index (κ3) is 2.90. The Hall–Kier alpha value is -3.61. The summed E-state index contributed by atoms with van der Waals surface area (Å²) >= 11 is 0. The van der Waals surface area contributed by atoms with Crippen LogP contribution in [-0.4, -0.2) is 26.0 Å². The van der Waals surface area contributed by atoms with Crippen molar-refractivity contribution in [2.45, 2.75) is 13.5 Å². The molecule has 1 N–H and O–H groups in total. The smallest absolute Gasteiger partial charge is 0.303 e. The molecule has 7 nitrogen and oxygen atoms in total. The van der Waals surface area contributed by atoms with Crippen molar-refractivity contribution >= 4 is 29.0 Å².